The molecule has 0 bridgehead atoms. The van der Waals surface area contributed by atoms with Gasteiger partial charge in [0.25, 0.3) is 0 Å². The van der Waals surface area contributed by atoms with Crippen molar-refractivity contribution in [3.63, 3.8) is 0 Å². The molecule has 2 N–H and O–H groups in total. The van der Waals surface area contributed by atoms with Crippen LogP contribution in [0.5, 0.6) is 0 Å². The molecular formula is C16H20N2O2. The lowest BCUT2D eigenvalue weighted by atomic mass is 9.86. The minimum atomic E-state index is -0.238. The van der Waals surface area contributed by atoms with Crippen molar-refractivity contribution in [2.45, 2.75) is 32.7 Å². The highest BCUT2D eigenvalue weighted by atomic mass is 16.3. The first-order valence-corrected chi connectivity index (χ1v) is 6.63. The number of nitrogens with one attached hydrogen (secondary N) is 2. The molecule has 20 heavy (non-hydrogen) atoms. The molecule has 1 heterocycles. The number of carbonyl (C=O) groups is 1. The third kappa shape index (κ3) is 3.63. The predicted octanol–water partition coefficient (Wildman–Crippen LogP) is 3.90. The second-order valence-electron chi connectivity index (χ2n) is 5.68. The quantitative estimate of drug-likeness (QED) is 0.890. The fourth-order valence-electron chi connectivity index (χ4n) is 1.99. The number of urea groups is 1. The first kappa shape index (κ1) is 14.2. The summed E-state index contributed by atoms with van der Waals surface area (Å²) in [6, 6.07) is 11.2. The van der Waals surface area contributed by atoms with Crippen molar-refractivity contribution in [1.29, 1.82) is 0 Å². The zero-order chi connectivity index (χ0) is 14.6. The lowest BCUT2D eigenvalue weighted by molar-refractivity contribution is 0.251. The topological polar surface area (TPSA) is 54.3 Å². The van der Waals surface area contributed by atoms with E-state index in [1.54, 1.807) is 12.3 Å². The van der Waals surface area contributed by atoms with Gasteiger partial charge in [0, 0.05) is 5.69 Å². The molecule has 4 heteroatoms. The van der Waals surface area contributed by atoms with Gasteiger partial charge in [-0.25, -0.2) is 4.79 Å². The molecule has 2 amide bonds. The number of hydrogen-bond acceptors (Lipinski definition) is 2. The van der Waals surface area contributed by atoms with E-state index in [0.717, 1.165) is 17.0 Å². The highest BCUT2D eigenvalue weighted by Crippen LogP contribution is 2.29. The molecule has 0 aliphatic rings. The molecule has 106 valence electrons. The van der Waals surface area contributed by atoms with E-state index in [0.29, 0.717) is 6.54 Å². The van der Waals surface area contributed by atoms with Crippen molar-refractivity contribution in [2.24, 2.45) is 0 Å². The predicted molar refractivity (Wildman–Crippen MR) is 79.7 cm³/mol. The van der Waals surface area contributed by atoms with Crippen molar-refractivity contribution in [1.82, 2.24) is 5.32 Å². The number of rotatable bonds is 3. The summed E-state index contributed by atoms with van der Waals surface area (Å²) >= 11 is 0. The molecule has 0 aliphatic carbocycles. The summed E-state index contributed by atoms with van der Waals surface area (Å²) in [7, 11) is 0. The molecular weight excluding hydrogens is 252 g/mol. The number of anilines is 1. The van der Waals surface area contributed by atoms with Crippen molar-refractivity contribution < 1.29 is 9.21 Å². The Labute approximate surface area is 119 Å². The van der Waals surface area contributed by atoms with Gasteiger partial charge in [0.1, 0.15) is 5.76 Å². The van der Waals surface area contributed by atoms with E-state index in [1.807, 2.05) is 30.3 Å². The van der Waals surface area contributed by atoms with Crippen LogP contribution >= 0.6 is 0 Å². The van der Waals surface area contributed by atoms with Crippen LogP contribution in [0.3, 0.4) is 0 Å². The van der Waals surface area contributed by atoms with Crippen LogP contribution in [0.15, 0.2) is 47.1 Å². The summed E-state index contributed by atoms with van der Waals surface area (Å²) in [5, 5.41) is 5.66. The number of para-hydroxylation sites is 1. The van der Waals surface area contributed by atoms with Crippen LogP contribution in [0.25, 0.3) is 0 Å². The van der Waals surface area contributed by atoms with Gasteiger partial charge in [0.2, 0.25) is 0 Å². The average Bonchev–Trinajstić information content (AvgIpc) is 2.89. The monoisotopic (exact) mass is 272 g/mol. The van der Waals surface area contributed by atoms with E-state index in [1.165, 1.54) is 0 Å². The first-order valence-electron chi connectivity index (χ1n) is 6.63. The smallest absolute Gasteiger partial charge is 0.319 e. The average molecular weight is 272 g/mol. The van der Waals surface area contributed by atoms with Gasteiger partial charge < -0.3 is 15.1 Å². The zero-order valence-electron chi connectivity index (χ0n) is 12.1. The summed E-state index contributed by atoms with van der Waals surface area (Å²) in [6.07, 6.45) is 1.59. The fraction of sp³-hybridized carbons (Fsp3) is 0.312. The van der Waals surface area contributed by atoms with Crippen LogP contribution < -0.4 is 10.6 Å². The Balaban J connectivity index is 2.01. The van der Waals surface area contributed by atoms with Crippen molar-refractivity contribution >= 4 is 11.7 Å². The molecule has 0 aliphatic heterocycles. The molecule has 0 saturated carbocycles. The van der Waals surface area contributed by atoms with E-state index >= 15 is 0 Å². The van der Waals surface area contributed by atoms with Crippen LogP contribution in [0.4, 0.5) is 10.5 Å². The van der Waals surface area contributed by atoms with Gasteiger partial charge in [0.15, 0.2) is 0 Å². The van der Waals surface area contributed by atoms with Crippen LogP contribution in [0.1, 0.15) is 32.1 Å². The van der Waals surface area contributed by atoms with Gasteiger partial charge in [-0.05, 0) is 29.2 Å². The number of hydrogen-bond donors (Lipinski definition) is 2. The van der Waals surface area contributed by atoms with Gasteiger partial charge >= 0.3 is 6.03 Å². The van der Waals surface area contributed by atoms with E-state index in [-0.39, 0.29) is 11.4 Å². The molecule has 1 aromatic carbocycles. The Morgan fingerprint density at radius 1 is 1.15 bits per heavy atom. The third-order valence-corrected chi connectivity index (χ3v) is 2.99. The van der Waals surface area contributed by atoms with Crippen LogP contribution in [-0.2, 0) is 12.0 Å². The molecule has 0 saturated heterocycles. The van der Waals surface area contributed by atoms with Crippen LogP contribution in [0.2, 0.25) is 0 Å². The van der Waals surface area contributed by atoms with Gasteiger partial charge in [0.05, 0.1) is 12.8 Å². The van der Waals surface area contributed by atoms with E-state index < -0.39 is 0 Å². The Morgan fingerprint density at radius 2 is 1.90 bits per heavy atom. The Morgan fingerprint density at radius 3 is 2.55 bits per heavy atom. The molecule has 0 unspecified atom stereocenters. The lowest BCUT2D eigenvalue weighted by Gasteiger charge is -2.23. The Kier molecular flexibility index (Phi) is 4.13. The van der Waals surface area contributed by atoms with Crippen LogP contribution in [-0.4, -0.2) is 6.03 Å². The van der Waals surface area contributed by atoms with Crippen molar-refractivity contribution in [3.05, 3.63) is 54.0 Å². The minimum absolute atomic E-state index is 0.0229. The van der Waals surface area contributed by atoms with Crippen molar-refractivity contribution in [2.75, 3.05) is 5.32 Å². The highest BCUT2D eigenvalue weighted by molar-refractivity contribution is 5.90. The maximum Gasteiger partial charge on any atom is 0.319 e. The number of benzene rings is 1. The van der Waals surface area contributed by atoms with E-state index in [2.05, 4.69) is 31.4 Å². The Hall–Kier alpha value is -2.23. The number of carbonyl (C=O) groups excluding carboxylic acids is 1. The maximum absolute atomic E-state index is 11.9. The maximum atomic E-state index is 11.9. The van der Waals surface area contributed by atoms with Crippen molar-refractivity contribution in [3.8, 4) is 0 Å². The van der Waals surface area contributed by atoms with E-state index in [4.69, 9.17) is 4.42 Å². The first-order chi connectivity index (χ1) is 9.47. The fourth-order valence-corrected chi connectivity index (χ4v) is 1.99. The molecule has 0 spiro atoms. The molecule has 0 fully saturated rings. The van der Waals surface area contributed by atoms with E-state index in [9.17, 15) is 4.79 Å². The normalized spacial score (nSPS) is 11.2. The number of amides is 2. The highest BCUT2D eigenvalue weighted by Gasteiger charge is 2.18. The molecule has 2 rings (SSSR count). The molecule has 1 aromatic heterocycles. The standard InChI is InChI=1S/C16H20N2O2/c1-16(2,3)13-8-4-5-9-14(13)18-15(19)17-11-12-7-6-10-20-12/h4-10H,11H2,1-3H3,(H2,17,18,19). The summed E-state index contributed by atoms with van der Waals surface area (Å²) < 4.78 is 5.17. The summed E-state index contributed by atoms with van der Waals surface area (Å²) in [5.74, 6) is 0.726. The molecule has 2 aromatic rings. The molecule has 0 radical (unpaired) electrons. The lowest BCUT2D eigenvalue weighted by Crippen LogP contribution is -2.29. The summed E-state index contributed by atoms with van der Waals surface area (Å²) in [5.41, 5.74) is 1.91. The van der Waals surface area contributed by atoms with Crippen LogP contribution in [0, 0.1) is 0 Å². The second kappa shape index (κ2) is 5.82. The van der Waals surface area contributed by atoms with Gasteiger partial charge in [-0.2, -0.15) is 0 Å². The molecule has 4 nitrogen and oxygen atoms in total. The van der Waals surface area contributed by atoms with Gasteiger partial charge in [-0.1, -0.05) is 39.0 Å². The second-order valence-corrected chi connectivity index (χ2v) is 5.68. The third-order valence-electron chi connectivity index (χ3n) is 2.99. The van der Waals surface area contributed by atoms with Gasteiger partial charge in [-0.3, -0.25) is 0 Å². The summed E-state index contributed by atoms with van der Waals surface area (Å²) in [6.45, 7) is 6.73. The summed E-state index contributed by atoms with van der Waals surface area (Å²) in [4.78, 5) is 11.9. The number of furan rings is 1. The van der Waals surface area contributed by atoms with Gasteiger partial charge in [-0.15, -0.1) is 0 Å². The Bertz CT molecular complexity index is 568. The minimum Gasteiger partial charge on any atom is -0.467 e. The SMILES string of the molecule is CC(C)(C)c1ccccc1NC(=O)NCc1ccco1. The largest absolute Gasteiger partial charge is 0.467 e. The molecule has 0 atom stereocenters. The zero-order valence-corrected chi connectivity index (χ0v) is 12.1.